The van der Waals surface area contributed by atoms with E-state index in [1.165, 1.54) is 24.3 Å². The summed E-state index contributed by atoms with van der Waals surface area (Å²) < 4.78 is 5.38. The Morgan fingerprint density at radius 3 is 2.23 bits per heavy atom. The van der Waals surface area contributed by atoms with Crippen molar-refractivity contribution in [2.45, 2.75) is 6.92 Å². The van der Waals surface area contributed by atoms with Gasteiger partial charge in [0.25, 0.3) is 5.69 Å². The number of benzene rings is 2. The summed E-state index contributed by atoms with van der Waals surface area (Å²) >= 11 is 0. The van der Waals surface area contributed by atoms with Gasteiger partial charge in [-0.3, -0.25) is 20.2 Å². The molecule has 2 aromatic rings. The van der Waals surface area contributed by atoms with E-state index in [9.17, 15) is 20.2 Å². The maximum atomic E-state index is 11.1. The summed E-state index contributed by atoms with van der Waals surface area (Å²) in [6, 6.07) is 6.13. The lowest BCUT2D eigenvalue weighted by molar-refractivity contribution is -0.386. The quantitative estimate of drug-likeness (QED) is 0.501. The number of aryl methyl sites for hydroxylation is 1. The monoisotopic (exact) mass is 304 g/mol. The summed E-state index contributed by atoms with van der Waals surface area (Å²) in [7, 11) is 0. The minimum absolute atomic E-state index is 0.0550. The zero-order valence-electron chi connectivity index (χ0n) is 11.5. The third-order valence-corrected chi connectivity index (χ3v) is 2.97. The second-order valence-electron chi connectivity index (χ2n) is 4.51. The Morgan fingerprint density at radius 1 is 0.955 bits per heavy atom. The highest BCUT2D eigenvalue weighted by Crippen LogP contribution is 2.38. The maximum absolute atomic E-state index is 11.1. The van der Waals surface area contributed by atoms with Crippen LogP contribution in [0, 0.1) is 27.2 Å². The van der Waals surface area contributed by atoms with Crippen LogP contribution in [0.5, 0.6) is 11.5 Å². The van der Waals surface area contributed by atoms with Crippen LogP contribution >= 0.6 is 0 Å². The van der Waals surface area contributed by atoms with Crippen LogP contribution in [0.3, 0.4) is 0 Å². The molecule has 2 aromatic carbocycles. The number of nitrogen functional groups attached to an aromatic ring is 2. The van der Waals surface area contributed by atoms with Crippen molar-refractivity contribution in [2.24, 2.45) is 0 Å². The van der Waals surface area contributed by atoms with Crippen LogP contribution in [0.1, 0.15) is 5.56 Å². The third kappa shape index (κ3) is 2.87. The standard InChI is InChI=1S/C13H12N4O5/c1-7-4-11(17(20)21)13(6-10(7)15)22-12-5-8(16(18)19)2-3-9(12)14/h2-6H,14-15H2,1H3. The zero-order chi connectivity index (χ0) is 16.4. The third-order valence-electron chi connectivity index (χ3n) is 2.97. The van der Waals surface area contributed by atoms with E-state index in [1.54, 1.807) is 6.92 Å². The van der Waals surface area contributed by atoms with Gasteiger partial charge in [-0.2, -0.15) is 0 Å². The second kappa shape index (κ2) is 5.56. The molecule has 0 aliphatic heterocycles. The van der Waals surface area contributed by atoms with E-state index in [0.717, 1.165) is 6.07 Å². The Hall–Kier alpha value is -3.36. The molecular weight excluding hydrogens is 292 g/mol. The molecule has 0 bridgehead atoms. The highest BCUT2D eigenvalue weighted by molar-refractivity contribution is 5.64. The molecule has 4 N–H and O–H groups in total. The summed E-state index contributed by atoms with van der Waals surface area (Å²) in [5, 5.41) is 21.9. The molecule has 0 unspecified atom stereocenters. The molecule has 0 aliphatic carbocycles. The van der Waals surface area contributed by atoms with Gasteiger partial charge in [0.15, 0.2) is 5.75 Å². The molecule has 2 rings (SSSR count). The molecular formula is C13H12N4O5. The molecule has 0 atom stereocenters. The molecule has 0 amide bonds. The van der Waals surface area contributed by atoms with Gasteiger partial charge in [0.2, 0.25) is 5.75 Å². The largest absolute Gasteiger partial charge is 0.448 e. The molecule has 9 nitrogen and oxygen atoms in total. The topological polar surface area (TPSA) is 148 Å². The Kier molecular flexibility index (Phi) is 3.80. The van der Waals surface area contributed by atoms with Crippen molar-refractivity contribution in [3.05, 3.63) is 56.1 Å². The van der Waals surface area contributed by atoms with Gasteiger partial charge in [0.1, 0.15) is 0 Å². The Balaban J connectivity index is 2.51. The molecule has 0 saturated heterocycles. The number of hydrogen-bond donors (Lipinski definition) is 2. The first-order chi connectivity index (χ1) is 10.3. The summed E-state index contributed by atoms with van der Waals surface area (Å²) in [5.41, 5.74) is 11.8. The number of hydrogen-bond acceptors (Lipinski definition) is 7. The van der Waals surface area contributed by atoms with E-state index >= 15 is 0 Å². The Morgan fingerprint density at radius 2 is 1.64 bits per heavy atom. The van der Waals surface area contributed by atoms with Gasteiger partial charge in [0.05, 0.1) is 21.6 Å². The van der Waals surface area contributed by atoms with Crippen LogP contribution in [0.15, 0.2) is 30.3 Å². The van der Waals surface area contributed by atoms with Gasteiger partial charge < -0.3 is 16.2 Å². The highest BCUT2D eigenvalue weighted by atomic mass is 16.6. The first-order valence-electron chi connectivity index (χ1n) is 6.06. The number of non-ortho nitro benzene ring substituents is 1. The van der Waals surface area contributed by atoms with Gasteiger partial charge in [-0.25, -0.2) is 0 Å². The van der Waals surface area contributed by atoms with Gasteiger partial charge in [0, 0.05) is 23.9 Å². The van der Waals surface area contributed by atoms with Crippen LogP contribution in [0.2, 0.25) is 0 Å². The normalized spacial score (nSPS) is 10.2. The Bertz CT molecular complexity index is 775. The average Bonchev–Trinajstić information content (AvgIpc) is 2.44. The predicted octanol–water partition coefficient (Wildman–Crippen LogP) is 2.77. The fraction of sp³-hybridized carbons (Fsp3) is 0.0769. The van der Waals surface area contributed by atoms with Crippen molar-refractivity contribution in [1.82, 2.24) is 0 Å². The number of anilines is 2. The van der Waals surface area contributed by atoms with Crippen LogP contribution in [-0.2, 0) is 0 Å². The van der Waals surface area contributed by atoms with E-state index < -0.39 is 9.85 Å². The molecule has 0 aliphatic rings. The van der Waals surface area contributed by atoms with E-state index in [4.69, 9.17) is 16.2 Å². The van der Waals surface area contributed by atoms with E-state index in [0.29, 0.717) is 11.3 Å². The number of nitrogens with two attached hydrogens (primary N) is 2. The molecule has 114 valence electrons. The van der Waals surface area contributed by atoms with Crippen LogP contribution in [0.25, 0.3) is 0 Å². The number of rotatable bonds is 4. The highest BCUT2D eigenvalue weighted by Gasteiger charge is 2.20. The van der Waals surface area contributed by atoms with E-state index in [2.05, 4.69) is 0 Å². The molecule has 0 radical (unpaired) electrons. The molecule has 0 fully saturated rings. The van der Waals surface area contributed by atoms with Crippen LogP contribution in [0.4, 0.5) is 22.7 Å². The van der Waals surface area contributed by atoms with Gasteiger partial charge in [-0.15, -0.1) is 0 Å². The predicted molar refractivity (Wildman–Crippen MR) is 79.8 cm³/mol. The van der Waals surface area contributed by atoms with Crippen molar-refractivity contribution in [1.29, 1.82) is 0 Å². The van der Waals surface area contributed by atoms with Crippen molar-refractivity contribution < 1.29 is 14.6 Å². The number of nitro benzene ring substituents is 2. The summed E-state index contributed by atoms with van der Waals surface area (Å²) in [4.78, 5) is 20.6. The van der Waals surface area contributed by atoms with Crippen LogP contribution in [-0.4, -0.2) is 9.85 Å². The van der Waals surface area contributed by atoms with Crippen molar-refractivity contribution in [3.63, 3.8) is 0 Å². The second-order valence-corrected chi connectivity index (χ2v) is 4.51. The minimum atomic E-state index is -0.630. The fourth-order valence-corrected chi connectivity index (χ4v) is 1.76. The molecule has 9 heteroatoms. The van der Waals surface area contributed by atoms with Crippen molar-refractivity contribution in [2.75, 3.05) is 11.5 Å². The molecule has 0 heterocycles. The minimum Gasteiger partial charge on any atom is -0.448 e. The molecule has 22 heavy (non-hydrogen) atoms. The summed E-state index contributed by atoms with van der Waals surface area (Å²) in [5.74, 6) is -0.194. The fourth-order valence-electron chi connectivity index (χ4n) is 1.76. The number of nitro groups is 2. The summed E-state index contributed by atoms with van der Waals surface area (Å²) in [6.07, 6.45) is 0. The first kappa shape index (κ1) is 15.0. The van der Waals surface area contributed by atoms with Crippen LogP contribution < -0.4 is 16.2 Å². The first-order valence-corrected chi connectivity index (χ1v) is 6.06. The molecule has 0 spiro atoms. The average molecular weight is 304 g/mol. The van der Waals surface area contributed by atoms with Crippen molar-refractivity contribution >= 4 is 22.7 Å². The van der Waals surface area contributed by atoms with E-state index in [-0.39, 0.29) is 28.6 Å². The van der Waals surface area contributed by atoms with Crippen molar-refractivity contribution in [3.8, 4) is 11.5 Å². The molecule has 0 saturated carbocycles. The Labute approximate surface area is 124 Å². The zero-order valence-corrected chi connectivity index (χ0v) is 11.5. The van der Waals surface area contributed by atoms with E-state index in [1.807, 2.05) is 0 Å². The summed E-state index contributed by atoms with van der Waals surface area (Å²) in [6.45, 7) is 1.62. The lowest BCUT2D eigenvalue weighted by Gasteiger charge is -2.10. The number of nitrogens with zero attached hydrogens (tertiary/aromatic N) is 2. The van der Waals surface area contributed by atoms with Gasteiger partial charge in [-0.1, -0.05) is 0 Å². The number of ether oxygens (including phenoxy) is 1. The molecule has 0 aromatic heterocycles. The SMILES string of the molecule is Cc1cc([N+](=O)[O-])c(Oc2cc([N+](=O)[O-])ccc2N)cc1N. The lowest BCUT2D eigenvalue weighted by Crippen LogP contribution is -2.00. The lowest BCUT2D eigenvalue weighted by atomic mass is 10.1. The van der Waals surface area contributed by atoms with Gasteiger partial charge >= 0.3 is 5.69 Å². The smallest absolute Gasteiger partial charge is 0.311 e. The maximum Gasteiger partial charge on any atom is 0.311 e. The van der Waals surface area contributed by atoms with Gasteiger partial charge in [-0.05, 0) is 18.6 Å².